The number of benzene rings is 1. The first-order valence-electron chi connectivity index (χ1n) is 11.9. The van der Waals surface area contributed by atoms with Crippen molar-refractivity contribution in [3.8, 4) is 11.1 Å². The van der Waals surface area contributed by atoms with Crippen molar-refractivity contribution in [2.45, 2.75) is 38.6 Å². The Hall–Kier alpha value is -2.86. The average Bonchev–Trinajstić information content (AvgIpc) is 3.29. The van der Waals surface area contributed by atoms with Gasteiger partial charge in [-0.05, 0) is 62.4 Å². The monoisotopic (exact) mass is 431 g/mol. The number of rotatable bonds is 5. The van der Waals surface area contributed by atoms with E-state index in [0.29, 0.717) is 12.0 Å². The Bertz CT molecular complexity index is 1070. The van der Waals surface area contributed by atoms with Gasteiger partial charge in [0.25, 0.3) is 0 Å². The lowest BCUT2D eigenvalue weighted by Gasteiger charge is -2.35. The first kappa shape index (κ1) is 21.0. The quantitative estimate of drug-likeness (QED) is 0.576. The van der Waals surface area contributed by atoms with Crippen molar-refractivity contribution in [2.75, 3.05) is 44.2 Å². The van der Waals surface area contributed by atoms with Gasteiger partial charge in [-0.25, -0.2) is 4.52 Å². The van der Waals surface area contributed by atoms with Crippen LogP contribution in [0.15, 0.2) is 48.8 Å². The number of anilines is 1. The van der Waals surface area contributed by atoms with E-state index in [0.717, 1.165) is 44.7 Å². The highest BCUT2D eigenvalue weighted by Crippen LogP contribution is 2.32. The molecule has 0 N–H and O–H groups in total. The van der Waals surface area contributed by atoms with E-state index >= 15 is 0 Å². The lowest BCUT2D eigenvalue weighted by atomic mass is 9.89. The second-order valence-corrected chi connectivity index (χ2v) is 9.45. The minimum atomic E-state index is 0.619. The summed E-state index contributed by atoms with van der Waals surface area (Å²) in [6.45, 7) is 10.2. The van der Waals surface area contributed by atoms with Gasteiger partial charge in [-0.2, -0.15) is 5.10 Å². The molecule has 0 unspecified atom stereocenters. The highest BCUT2D eigenvalue weighted by molar-refractivity contribution is 5.80. The maximum atomic E-state index is 11.0. The summed E-state index contributed by atoms with van der Waals surface area (Å²) in [7, 11) is 0. The predicted molar refractivity (Wildman–Crippen MR) is 129 cm³/mol. The van der Waals surface area contributed by atoms with Crippen molar-refractivity contribution >= 4 is 17.6 Å². The number of piperidine rings is 1. The molecule has 2 aliphatic rings. The van der Waals surface area contributed by atoms with Gasteiger partial charge in [-0.3, -0.25) is 4.79 Å². The summed E-state index contributed by atoms with van der Waals surface area (Å²) < 4.78 is 1.98. The molecule has 2 aromatic heterocycles. The minimum absolute atomic E-state index is 0.619. The number of likely N-dealkylation sites (tertiary alicyclic amines) is 1. The Morgan fingerprint density at radius 1 is 1.00 bits per heavy atom. The molecule has 168 valence electrons. The third-order valence-corrected chi connectivity index (χ3v) is 7.19. The highest BCUT2D eigenvalue weighted by atomic mass is 16.1. The van der Waals surface area contributed by atoms with Crippen molar-refractivity contribution in [1.82, 2.24) is 19.4 Å². The molecule has 1 atom stereocenters. The molecule has 5 rings (SSSR count). The van der Waals surface area contributed by atoms with Crippen LogP contribution in [0, 0.1) is 0 Å². The van der Waals surface area contributed by atoms with Gasteiger partial charge in [0.05, 0.1) is 11.2 Å². The Morgan fingerprint density at radius 2 is 1.78 bits per heavy atom. The van der Waals surface area contributed by atoms with E-state index in [4.69, 9.17) is 0 Å². The Balaban J connectivity index is 1.37. The van der Waals surface area contributed by atoms with Crippen LogP contribution >= 0.6 is 0 Å². The van der Waals surface area contributed by atoms with Crippen molar-refractivity contribution in [3.63, 3.8) is 0 Å². The molecule has 32 heavy (non-hydrogen) atoms. The number of aromatic nitrogens is 2. The van der Waals surface area contributed by atoms with E-state index in [1.165, 1.54) is 41.8 Å². The standard InChI is InChI=1S/C26H33N5O/c1-20(2)30-11-3-4-23(17-30)21-5-7-22(8-6-21)24-16-26-25(9-10-27-31(26)18-24)29-14-12-28(19-32)13-15-29/h5-10,16,18-20,23H,3-4,11-15,17H2,1-2H3/t23-/m0/s1. The Morgan fingerprint density at radius 3 is 2.50 bits per heavy atom. The van der Waals surface area contributed by atoms with E-state index in [1.54, 1.807) is 0 Å². The minimum Gasteiger partial charge on any atom is -0.366 e. The lowest BCUT2D eigenvalue weighted by Crippen LogP contribution is -2.45. The SMILES string of the molecule is CC(C)N1CCC[C@H](c2ccc(-c3cc4c(N5CCN(C=O)CC5)ccnn4c3)cc2)C1. The van der Waals surface area contributed by atoms with Crippen molar-refractivity contribution in [2.24, 2.45) is 0 Å². The van der Waals surface area contributed by atoms with Crippen LogP contribution in [0.3, 0.4) is 0 Å². The van der Waals surface area contributed by atoms with E-state index in [-0.39, 0.29) is 0 Å². The fraction of sp³-hybridized carbons (Fsp3) is 0.462. The van der Waals surface area contributed by atoms with Crippen LogP contribution in [-0.4, -0.2) is 71.1 Å². The molecular formula is C26H33N5O. The van der Waals surface area contributed by atoms with Crippen LogP contribution < -0.4 is 4.90 Å². The molecule has 0 radical (unpaired) electrons. The molecule has 6 nitrogen and oxygen atoms in total. The summed E-state index contributed by atoms with van der Waals surface area (Å²) in [4.78, 5) is 17.8. The smallest absolute Gasteiger partial charge is 0.209 e. The summed E-state index contributed by atoms with van der Waals surface area (Å²) in [5, 5.41) is 4.55. The van der Waals surface area contributed by atoms with Gasteiger partial charge in [0.1, 0.15) is 0 Å². The van der Waals surface area contributed by atoms with E-state index in [1.807, 2.05) is 15.6 Å². The van der Waals surface area contributed by atoms with Crippen molar-refractivity contribution in [1.29, 1.82) is 0 Å². The Kier molecular flexibility index (Phi) is 5.87. The molecule has 2 fully saturated rings. The molecule has 2 saturated heterocycles. The number of fused-ring (bicyclic) bond motifs is 1. The van der Waals surface area contributed by atoms with E-state index in [2.05, 4.69) is 71.3 Å². The number of carbonyl (C=O) groups is 1. The topological polar surface area (TPSA) is 44.1 Å². The highest BCUT2D eigenvalue weighted by Gasteiger charge is 2.23. The second kappa shape index (κ2) is 8.94. The summed E-state index contributed by atoms with van der Waals surface area (Å²) in [6, 6.07) is 14.1. The van der Waals surface area contributed by atoms with Crippen LogP contribution in [0.2, 0.25) is 0 Å². The second-order valence-electron chi connectivity index (χ2n) is 9.45. The van der Waals surface area contributed by atoms with E-state index in [9.17, 15) is 4.79 Å². The summed E-state index contributed by atoms with van der Waals surface area (Å²) >= 11 is 0. The number of carbonyl (C=O) groups excluding carboxylic acids is 1. The van der Waals surface area contributed by atoms with Gasteiger partial charge in [0.2, 0.25) is 6.41 Å². The normalized spacial score (nSPS) is 20.3. The number of amides is 1. The van der Waals surface area contributed by atoms with Gasteiger partial charge in [-0.1, -0.05) is 24.3 Å². The van der Waals surface area contributed by atoms with Crippen LogP contribution in [0.25, 0.3) is 16.6 Å². The zero-order valence-electron chi connectivity index (χ0n) is 19.2. The van der Waals surface area contributed by atoms with Gasteiger partial charge >= 0.3 is 0 Å². The van der Waals surface area contributed by atoms with Gasteiger partial charge in [0, 0.05) is 56.7 Å². The fourth-order valence-corrected chi connectivity index (χ4v) is 5.19. The Labute approximate surface area is 190 Å². The molecule has 4 heterocycles. The summed E-state index contributed by atoms with van der Waals surface area (Å²) in [5.41, 5.74) is 6.17. The third kappa shape index (κ3) is 4.11. The van der Waals surface area contributed by atoms with E-state index < -0.39 is 0 Å². The lowest BCUT2D eigenvalue weighted by molar-refractivity contribution is -0.118. The van der Waals surface area contributed by atoms with Crippen LogP contribution in [0.4, 0.5) is 5.69 Å². The summed E-state index contributed by atoms with van der Waals surface area (Å²) in [6.07, 6.45) is 7.50. The van der Waals surface area contributed by atoms with Crippen LogP contribution in [-0.2, 0) is 4.79 Å². The molecule has 0 saturated carbocycles. The van der Waals surface area contributed by atoms with Crippen LogP contribution in [0.5, 0.6) is 0 Å². The predicted octanol–water partition coefficient (Wildman–Crippen LogP) is 3.87. The largest absolute Gasteiger partial charge is 0.366 e. The van der Waals surface area contributed by atoms with Crippen molar-refractivity contribution < 1.29 is 4.79 Å². The zero-order valence-corrected chi connectivity index (χ0v) is 19.2. The van der Waals surface area contributed by atoms with Gasteiger partial charge < -0.3 is 14.7 Å². The summed E-state index contributed by atoms with van der Waals surface area (Å²) in [5.74, 6) is 0.631. The molecular weight excluding hydrogens is 398 g/mol. The van der Waals surface area contributed by atoms with Gasteiger partial charge in [0.15, 0.2) is 0 Å². The molecule has 0 spiro atoms. The first-order valence-corrected chi connectivity index (χ1v) is 11.9. The molecule has 3 aromatic rings. The molecule has 6 heteroatoms. The third-order valence-electron chi connectivity index (χ3n) is 7.19. The van der Waals surface area contributed by atoms with Crippen LogP contribution in [0.1, 0.15) is 38.2 Å². The maximum Gasteiger partial charge on any atom is 0.209 e. The molecule has 1 aromatic carbocycles. The van der Waals surface area contributed by atoms with Gasteiger partial charge in [-0.15, -0.1) is 0 Å². The molecule has 0 aliphatic carbocycles. The number of nitrogens with zero attached hydrogens (tertiary/aromatic N) is 5. The molecule has 0 bridgehead atoms. The average molecular weight is 432 g/mol. The fourth-order valence-electron chi connectivity index (χ4n) is 5.19. The zero-order chi connectivity index (χ0) is 22.1. The number of piperazine rings is 1. The maximum absolute atomic E-state index is 11.0. The number of hydrogen-bond donors (Lipinski definition) is 0. The number of hydrogen-bond acceptors (Lipinski definition) is 4. The van der Waals surface area contributed by atoms with Crippen molar-refractivity contribution in [3.05, 3.63) is 54.4 Å². The molecule has 2 aliphatic heterocycles. The first-order chi connectivity index (χ1) is 15.6. The molecule has 1 amide bonds.